The van der Waals surface area contributed by atoms with Crippen molar-refractivity contribution in [1.29, 1.82) is 0 Å². The monoisotopic (exact) mass is 291 g/mol. The van der Waals surface area contributed by atoms with Gasteiger partial charge in [-0.1, -0.05) is 19.3 Å². The lowest BCUT2D eigenvalue weighted by Gasteiger charge is -2.25. The third kappa shape index (κ3) is 4.55. The SMILES string of the molecule is CN=C(NCc1cc(OC)ccc1O)NC1CCCCC1. The highest BCUT2D eigenvalue weighted by Gasteiger charge is 2.14. The molecule has 1 aliphatic rings. The summed E-state index contributed by atoms with van der Waals surface area (Å²) >= 11 is 0. The number of phenolic OH excluding ortho intramolecular Hbond substituents is 1. The number of guanidine groups is 1. The summed E-state index contributed by atoms with van der Waals surface area (Å²) in [5.41, 5.74) is 0.793. The fourth-order valence-electron chi connectivity index (χ4n) is 2.64. The number of ether oxygens (including phenoxy) is 1. The first-order valence-electron chi connectivity index (χ1n) is 7.56. The average Bonchev–Trinajstić information content (AvgIpc) is 2.53. The van der Waals surface area contributed by atoms with Gasteiger partial charge >= 0.3 is 0 Å². The molecule has 1 fully saturated rings. The minimum Gasteiger partial charge on any atom is -0.508 e. The molecule has 0 atom stereocenters. The third-order valence-corrected chi connectivity index (χ3v) is 3.90. The van der Waals surface area contributed by atoms with Gasteiger partial charge in [-0.15, -0.1) is 0 Å². The third-order valence-electron chi connectivity index (χ3n) is 3.90. The molecule has 0 amide bonds. The maximum absolute atomic E-state index is 9.88. The van der Waals surface area contributed by atoms with Gasteiger partial charge in [0.2, 0.25) is 0 Å². The second-order valence-corrected chi connectivity index (χ2v) is 5.40. The van der Waals surface area contributed by atoms with E-state index in [9.17, 15) is 5.11 Å². The minimum absolute atomic E-state index is 0.261. The molecule has 0 aromatic heterocycles. The summed E-state index contributed by atoms with van der Waals surface area (Å²) in [6, 6.07) is 5.72. The van der Waals surface area contributed by atoms with Crippen molar-refractivity contribution in [2.75, 3.05) is 14.2 Å². The van der Waals surface area contributed by atoms with Gasteiger partial charge in [-0.25, -0.2) is 0 Å². The van der Waals surface area contributed by atoms with Crippen LogP contribution in [0, 0.1) is 0 Å². The van der Waals surface area contributed by atoms with E-state index in [2.05, 4.69) is 15.6 Å². The predicted octanol–water partition coefficient (Wildman–Crippen LogP) is 2.40. The van der Waals surface area contributed by atoms with Crippen LogP contribution >= 0.6 is 0 Å². The summed E-state index contributed by atoms with van der Waals surface area (Å²) in [5.74, 6) is 1.78. The first-order chi connectivity index (χ1) is 10.2. The van der Waals surface area contributed by atoms with Crippen LogP contribution in [0.25, 0.3) is 0 Å². The highest BCUT2D eigenvalue weighted by molar-refractivity contribution is 5.80. The fraction of sp³-hybridized carbons (Fsp3) is 0.562. The Balaban J connectivity index is 1.90. The van der Waals surface area contributed by atoms with Gasteiger partial charge in [-0.3, -0.25) is 4.99 Å². The number of nitrogens with zero attached hydrogens (tertiary/aromatic N) is 1. The molecule has 21 heavy (non-hydrogen) atoms. The number of aliphatic imine (C=N–C) groups is 1. The summed E-state index contributed by atoms with van der Waals surface area (Å²) in [6.07, 6.45) is 6.30. The summed E-state index contributed by atoms with van der Waals surface area (Å²) < 4.78 is 5.18. The summed E-state index contributed by atoms with van der Waals surface area (Å²) in [7, 11) is 3.39. The van der Waals surface area contributed by atoms with Gasteiger partial charge < -0.3 is 20.5 Å². The van der Waals surface area contributed by atoms with Crippen molar-refractivity contribution in [3.63, 3.8) is 0 Å². The van der Waals surface area contributed by atoms with E-state index in [0.29, 0.717) is 12.6 Å². The van der Waals surface area contributed by atoms with E-state index in [1.807, 2.05) is 6.07 Å². The molecule has 0 heterocycles. The van der Waals surface area contributed by atoms with Gasteiger partial charge in [0.15, 0.2) is 5.96 Å². The average molecular weight is 291 g/mol. The van der Waals surface area contributed by atoms with Crippen LogP contribution in [0.1, 0.15) is 37.7 Å². The molecule has 1 aromatic carbocycles. The normalized spacial score (nSPS) is 16.6. The molecular weight excluding hydrogens is 266 g/mol. The smallest absolute Gasteiger partial charge is 0.191 e. The van der Waals surface area contributed by atoms with E-state index in [1.165, 1.54) is 32.1 Å². The zero-order valence-electron chi connectivity index (χ0n) is 12.9. The van der Waals surface area contributed by atoms with E-state index >= 15 is 0 Å². The van der Waals surface area contributed by atoms with Crippen molar-refractivity contribution < 1.29 is 9.84 Å². The summed E-state index contributed by atoms with van der Waals surface area (Å²) in [6.45, 7) is 0.509. The second-order valence-electron chi connectivity index (χ2n) is 5.40. The van der Waals surface area contributed by atoms with Crippen molar-refractivity contribution in [2.24, 2.45) is 4.99 Å². The van der Waals surface area contributed by atoms with Gasteiger partial charge in [-0.05, 0) is 31.0 Å². The maximum Gasteiger partial charge on any atom is 0.191 e. The van der Waals surface area contributed by atoms with Crippen LogP contribution in [-0.4, -0.2) is 31.3 Å². The van der Waals surface area contributed by atoms with Crippen molar-refractivity contribution in [3.8, 4) is 11.5 Å². The standard InChI is InChI=1S/C16H25N3O2/c1-17-16(19-13-6-4-3-5-7-13)18-11-12-10-14(21-2)8-9-15(12)20/h8-10,13,20H,3-7,11H2,1-2H3,(H2,17,18,19). The maximum atomic E-state index is 9.88. The lowest BCUT2D eigenvalue weighted by atomic mass is 9.96. The summed E-state index contributed by atoms with van der Waals surface area (Å²) in [4.78, 5) is 4.25. The molecule has 116 valence electrons. The number of nitrogens with one attached hydrogen (secondary N) is 2. The van der Waals surface area contributed by atoms with Crippen LogP contribution in [0.3, 0.4) is 0 Å². The van der Waals surface area contributed by atoms with Crippen LogP contribution in [0.5, 0.6) is 11.5 Å². The molecule has 1 saturated carbocycles. The molecule has 2 rings (SSSR count). The number of hydrogen-bond acceptors (Lipinski definition) is 3. The van der Waals surface area contributed by atoms with Crippen LogP contribution in [-0.2, 0) is 6.54 Å². The Labute approximate surface area is 126 Å². The Morgan fingerprint density at radius 1 is 1.33 bits per heavy atom. The van der Waals surface area contributed by atoms with Gasteiger partial charge in [-0.2, -0.15) is 0 Å². The molecule has 5 heteroatoms. The van der Waals surface area contributed by atoms with E-state index in [0.717, 1.165) is 17.3 Å². The number of aromatic hydroxyl groups is 1. The van der Waals surface area contributed by atoms with E-state index in [-0.39, 0.29) is 5.75 Å². The van der Waals surface area contributed by atoms with Crippen LogP contribution in [0.2, 0.25) is 0 Å². The molecule has 1 aromatic rings. The molecule has 0 spiro atoms. The number of hydrogen-bond donors (Lipinski definition) is 3. The van der Waals surface area contributed by atoms with Crippen LogP contribution in [0.4, 0.5) is 0 Å². The topological polar surface area (TPSA) is 65.9 Å². The molecule has 0 saturated heterocycles. The second kappa shape index (κ2) is 7.76. The molecule has 5 nitrogen and oxygen atoms in total. The van der Waals surface area contributed by atoms with Gasteiger partial charge in [0.05, 0.1) is 7.11 Å². The Bertz CT molecular complexity index is 482. The van der Waals surface area contributed by atoms with E-state index in [4.69, 9.17) is 4.74 Å². The first-order valence-corrected chi connectivity index (χ1v) is 7.56. The van der Waals surface area contributed by atoms with Crippen molar-refractivity contribution in [3.05, 3.63) is 23.8 Å². The lowest BCUT2D eigenvalue weighted by Crippen LogP contribution is -2.43. The Morgan fingerprint density at radius 3 is 2.76 bits per heavy atom. The zero-order valence-corrected chi connectivity index (χ0v) is 12.9. The van der Waals surface area contributed by atoms with Crippen LogP contribution < -0.4 is 15.4 Å². The Kier molecular flexibility index (Phi) is 5.72. The van der Waals surface area contributed by atoms with Crippen LogP contribution in [0.15, 0.2) is 23.2 Å². The molecule has 1 aliphatic carbocycles. The highest BCUT2D eigenvalue weighted by Crippen LogP contribution is 2.22. The van der Waals surface area contributed by atoms with Gasteiger partial charge in [0.25, 0.3) is 0 Å². The fourth-order valence-corrected chi connectivity index (χ4v) is 2.64. The number of phenols is 1. The van der Waals surface area contributed by atoms with Gasteiger partial charge in [0, 0.05) is 25.2 Å². The largest absolute Gasteiger partial charge is 0.508 e. The lowest BCUT2D eigenvalue weighted by molar-refractivity contribution is 0.408. The molecular formula is C16H25N3O2. The number of benzene rings is 1. The number of methoxy groups -OCH3 is 1. The molecule has 3 N–H and O–H groups in total. The molecule has 0 radical (unpaired) electrons. The Morgan fingerprint density at radius 2 is 2.10 bits per heavy atom. The molecule has 0 unspecified atom stereocenters. The van der Waals surface area contributed by atoms with E-state index < -0.39 is 0 Å². The zero-order chi connectivity index (χ0) is 15.1. The first kappa shape index (κ1) is 15.5. The van der Waals surface area contributed by atoms with Crippen molar-refractivity contribution >= 4 is 5.96 Å². The molecule has 0 aliphatic heterocycles. The van der Waals surface area contributed by atoms with E-state index in [1.54, 1.807) is 26.3 Å². The van der Waals surface area contributed by atoms with Crippen molar-refractivity contribution in [2.45, 2.75) is 44.7 Å². The number of rotatable bonds is 4. The minimum atomic E-state index is 0.261. The summed E-state index contributed by atoms with van der Waals surface area (Å²) in [5, 5.41) is 16.6. The Hall–Kier alpha value is -1.91. The van der Waals surface area contributed by atoms with Gasteiger partial charge in [0.1, 0.15) is 11.5 Å². The predicted molar refractivity (Wildman–Crippen MR) is 84.9 cm³/mol. The quantitative estimate of drug-likeness (QED) is 0.589. The highest BCUT2D eigenvalue weighted by atomic mass is 16.5. The molecule has 0 bridgehead atoms. The van der Waals surface area contributed by atoms with Crippen molar-refractivity contribution in [1.82, 2.24) is 10.6 Å².